The molecule has 2 aliphatic rings. The van der Waals surface area contributed by atoms with E-state index in [9.17, 15) is 9.59 Å². The molecule has 6 nitrogen and oxygen atoms in total. The number of allylic oxidation sites excluding steroid dienone is 1. The third-order valence-corrected chi connectivity index (χ3v) is 6.28. The van der Waals surface area contributed by atoms with Crippen LogP contribution in [0.4, 0.5) is 5.69 Å². The second-order valence-corrected chi connectivity index (χ2v) is 10.3. The first kappa shape index (κ1) is 32.5. The van der Waals surface area contributed by atoms with Gasteiger partial charge in [-0.3, -0.25) is 0 Å². The van der Waals surface area contributed by atoms with Crippen LogP contribution >= 0.6 is 0 Å². The van der Waals surface area contributed by atoms with Gasteiger partial charge in [0.15, 0.2) is 0 Å². The zero-order valence-corrected chi connectivity index (χ0v) is 25.6. The number of benzene rings is 1. The average molecular weight is 670 g/mol. The third-order valence-electron chi connectivity index (χ3n) is 5.69. The average Bonchev–Trinajstić information content (AvgIpc) is 2.86. The maximum atomic E-state index is 12.1. The third kappa shape index (κ3) is 10.9. The van der Waals surface area contributed by atoms with Crippen LogP contribution in [0.3, 0.4) is 0 Å². The van der Waals surface area contributed by atoms with Crippen molar-refractivity contribution in [3.05, 3.63) is 41.5 Å². The van der Waals surface area contributed by atoms with Crippen molar-refractivity contribution >= 4 is 17.5 Å². The van der Waals surface area contributed by atoms with E-state index in [0.29, 0.717) is 12.1 Å². The molecule has 1 aromatic carbocycles. The molecule has 0 bridgehead atoms. The molecule has 0 aromatic heterocycles. The van der Waals surface area contributed by atoms with E-state index in [2.05, 4.69) is 23.7 Å². The van der Waals surface area contributed by atoms with Crippen LogP contribution in [0.2, 0.25) is 0 Å². The van der Waals surface area contributed by atoms with E-state index in [1.165, 1.54) is 62.1 Å². The van der Waals surface area contributed by atoms with Gasteiger partial charge in [-0.05, 0) is 38.8 Å². The molecule has 0 saturated carbocycles. The molecule has 194 valence electrons. The number of amides is 2. The Kier molecular flexibility index (Phi) is 17.1. The Morgan fingerprint density at radius 1 is 1.12 bits per heavy atom. The minimum absolute atomic E-state index is 0.0129. The van der Waals surface area contributed by atoms with Crippen molar-refractivity contribution in [1.29, 1.82) is 0 Å². The predicted octanol–water partition coefficient (Wildman–Crippen LogP) is 4.68. The number of piperidine rings is 1. The summed E-state index contributed by atoms with van der Waals surface area (Å²) >= 11 is 1.33. The first-order valence-electron chi connectivity index (χ1n) is 12.6. The summed E-state index contributed by atoms with van der Waals surface area (Å²) in [5.41, 5.74) is 4.28. The Hall–Kier alpha value is -1.46. The van der Waals surface area contributed by atoms with Gasteiger partial charge < -0.3 is 5.32 Å². The summed E-state index contributed by atoms with van der Waals surface area (Å²) in [5.74, 6) is 0.889. The fraction of sp³-hybridized carbons (Fsp3) is 0.630. The van der Waals surface area contributed by atoms with Gasteiger partial charge in [0.2, 0.25) is 0 Å². The first-order chi connectivity index (χ1) is 16.2. The predicted molar refractivity (Wildman–Crippen MR) is 141 cm³/mol. The van der Waals surface area contributed by atoms with Crippen molar-refractivity contribution in [2.75, 3.05) is 52.2 Å². The van der Waals surface area contributed by atoms with E-state index in [1.807, 2.05) is 45.9 Å². The Labute approximate surface area is 224 Å². The second kappa shape index (κ2) is 17.9. The zero-order valence-electron chi connectivity index (χ0n) is 22.7. The van der Waals surface area contributed by atoms with Crippen LogP contribution in [0.1, 0.15) is 69.8 Å². The molecule has 0 spiro atoms. The first-order valence-corrected chi connectivity index (χ1v) is 13.9. The van der Waals surface area contributed by atoms with E-state index < -0.39 is 0 Å². The minimum atomic E-state index is 0.0129. The Bertz CT molecular complexity index is 759. The summed E-state index contributed by atoms with van der Waals surface area (Å²) in [6.45, 7) is 17.7. The number of nitrogens with one attached hydrogen (secondary N) is 1. The molecule has 7 heteroatoms. The molecule has 1 fully saturated rings. The molecule has 0 unspecified atom stereocenters. The maximum absolute atomic E-state index is 12.1. The van der Waals surface area contributed by atoms with Crippen LogP contribution < -0.4 is 10.2 Å². The van der Waals surface area contributed by atoms with Crippen molar-refractivity contribution < 1.29 is 34.6 Å². The van der Waals surface area contributed by atoms with Gasteiger partial charge >= 0.3 is 141 Å². The Balaban J connectivity index is 0.000000698. The Morgan fingerprint density at radius 3 is 2.18 bits per heavy atom. The van der Waals surface area contributed by atoms with Gasteiger partial charge in [0, 0.05) is 0 Å². The van der Waals surface area contributed by atoms with Gasteiger partial charge in [0.05, 0.1) is 0 Å². The molecule has 0 aliphatic carbocycles. The van der Waals surface area contributed by atoms with Gasteiger partial charge in [-0.25, -0.2) is 0 Å². The molecule has 3 rings (SSSR count). The number of nitrogens with zero attached hydrogens (tertiary/aromatic N) is 3. The molecule has 2 amide bonds. The Morgan fingerprint density at radius 2 is 1.71 bits per heavy atom. The molecule has 1 aromatic rings. The fourth-order valence-electron chi connectivity index (χ4n) is 3.75. The normalized spacial score (nSPS) is 14.6. The zero-order chi connectivity index (χ0) is 26.3. The van der Waals surface area contributed by atoms with E-state index in [4.69, 9.17) is 0 Å². The van der Waals surface area contributed by atoms with E-state index in [-0.39, 0.29) is 11.8 Å². The van der Waals surface area contributed by atoms with Gasteiger partial charge in [0.1, 0.15) is 0 Å². The molecule has 0 atom stereocenters. The molecule has 34 heavy (non-hydrogen) atoms. The molecular weight excluding hydrogens is 622 g/mol. The molecule has 2 heterocycles. The molecule has 1 saturated heterocycles. The van der Waals surface area contributed by atoms with Crippen molar-refractivity contribution in [2.24, 2.45) is 5.92 Å². The summed E-state index contributed by atoms with van der Waals surface area (Å²) in [7, 11) is 5.30. The van der Waals surface area contributed by atoms with Crippen LogP contribution in [-0.4, -0.2) is 66.9 Å². The van der Waals surface area contributed by atoms with Crippen LogP contribution in [0.25, 0.3) is 0 Å². The van der Waals surface area contributed by atoms with Gasteiger partial charge in [0.25, 0.3) is 0 Å². The number of hydrogen-bond donors (Lipinski definition) is 1. The van der Waals surface area contributed by atoms with E-state index in [1.54, 1.807) is 28.9 Å². The molecule has 1 N–H and O–H groups in total. The van der Waals surface area contributed by atoms with E-state index >= 15 is 0 Å². The summed E-state index contributed by atoms with van der Waals surface area (Å²) in [6, 6.07) is 5.83. The number of carbonyl (C=O) groups excluding carboxylic acids is 2. The summed E-state index contributed by atoms with van der Waals surface area (Å²) in [5, 5.41) is 3.33. The number of aryl methyl sites for hydroxylation is 1. The number of carbonyl (C=O) groups is 2. The molecule has 2 aliphatic heterocycles. The van der Waals surface area contributed by atoms with Crippen molar-refractivity contribution in [1.82, 2.24) is 13.1 Å². The van der Waals surface area contributed by atoms with Crippen LogP contribution in [0.5, 0.6) is 0 Å². The van der Waals surface area contributed by atoms with Gasteiger partial charge in [-0.15, -0.1) is 0 Å². The quantitative estimate of drug-likeness (QED) is 0.474. The van der Waals surface area contributed by atoms with Gasteiger partial charge in [-0.2, -0.15) is 0 Å². The number of hydrogen-bond acceptors (Lipinski definition) is 4. The second-order valence-electron chi connectivity index (χ2n) is 8.31. The van der Waals surface area contributed by atoms with E-state index in [0.717, 1.165) is 31.0 Å². The van der Waals surface area contributed by atoms with Crippen molar-refractivity contribution in [3.8, 4) is 0 Å². The van der Waals surface area contributed by atoms with Crippen molar-refractivity contribution in [3.63, 3.8) is 0 Å². The SMILES string of the molecule is C=C(C)C1CCNCC1.CC.CC.CN(C)C(=O)CN1CCCc2ccc(C(=O)N(C)[At])cc21. The number of likely N-dealkylation sites (N-methyl/N-ethyl adjacent to an activating group) is 1. The summed E-state index contributed by atoms with van der Waals surface area (Å²) < 4.78 is 1.62. The molecule has 0 radical (unpaired) electrons. The topological polar surface area (TPSA) is 55.9 Å². The standard InChI is InChI=1S/C15H20AtN3O2.C8H15N.2C2H6/c1-17(2)14(20)10-19-8-4-5-11-6-7-12(9-13(11)19)15(21)18(3)16;1-7(2)8-3-5-9-6-4-8;2*1-2/h6-7,9H,4-5,8,10H2,1-3H3;8-9H,1,3-6H2,2H3;2*1-2H3. The van der Waals surface area contributed by atoms with Crippen molar-refractivity contribution in [2.45, 2.75) is 60.3 Å². The number of rotatable bonds is 4. The van der Waals surface area contributed by atoms with Crippen LogP contribution in [0.15, 0.2) is 30.4 Å². The number of anilines is 1. The van der Waals surface area contributed by atoms with Crippen LogP contribution in [-0.2, 0) is 11.2 Å². The summed E-state index contributed by atoms with van der Waals surface area (Å²) in [4.78, 5) is 27.8. The monoisotopic (exact) mass is 669 g/mol. The van der Waals surface area contributed by atoms with Crippen LogP contribution in [0, 0.1) is 30.9 Å². The number of fused-ring (bicyclic) bond motifs is 1. The van der Waals surface area contributed by atoms with Gasteiger partial charge in [-0.1, -0.05) is 39.8 Å². The summed E-state index contributed by atoms with van der Waals surface area (Å²) in [6.07, 6.45) is 4.62. The molecular formula is C27H47AtN4O2. The fourth-order valence-corrected chi connectivity index (χ4v) is 4.12.